The lowest BCUT2D eigenvalue weighted by Crippen LogP contribution is -2.43. The van der Waals surface area contributed by atoms with Gasteiger partial charge in [0.15, 0.2) is 11.5 Å². The van der Waals surface area contributed by atoms with Crippen LogP contribution >= 0.6 is 11.3 Å². The maximum Gasteiger partial charge on any atom is 0.264 e. The van der Waals surface area contributed by atoms with Crippen LogP contribution in [0.3, 0.4) is 0 Å². The van der Waals surface area contributed by atoms with Gasteiger partial charge in [-0.15, -0.1) is 11.3 Å². The summed E-state index contributed by atoms with van der Waals surface area (Å²) in [5.41, 5.74) is 0. The molecule has 2 unspecified atom stereocenters. The van der Waals surface area contributed by atoms with E-state index in [-0.39, 0.29) is 12.5 Å². The lowest BCUT2D eigenvalue weighted by atomic mass is 10.2. The second-order valence-corrected chi connectivity index (χ2v) is 7.00. The Morgan fingerprint density at radius 1 is 1.19 bits per heavy atom. The molecule has 2 N–H and O–H groups in total. The van der Waals surface area contributed by atoms with Crippen LogP contribution < -0.4 is 14.8 Å². The van der Waals surface area contributed by atoms with Gasteiger partial charge in [0.1, 0.15) is 18.5 Å². The van der Waals surface area contributed by atoms with Crippen LogP contribution in [-0.4, -0.2) is 23.7 Å². The zero-order chi connectivity index (χ0) is 17.9. The summed E-state index contributed by atoms with van der Waals surface area (Å²) < 4.78 is 16.5. The van der Waals surface area contributed by atoms with Gasteiger partial charge in [-0.2, -0.15) is 0 Å². The first-order valence-electron chi connectivity index (χ1n) is 8.17. The highest BCUT2D eigenvalue weighted by molar-refractivity contribution is 7.12. The van der Waals surface area contributed by atoms with Crippen LogP contribution in [0.1, 0.15) is 21.6 Å². The highest BCUT2D eigenvalue weighted by Crippen LogP contribution is 2.31. The molecular weight excluding hydrogens is 354 g/mol. The number of rotatable bonds is 5. The number of aliphatic hydroxyl groups is 1. The van der Waals surface area contributed by atoms with Crippen molar-refractivity contribution in [3.8, 4) is 11.5 Å². The number of hydrogen-bond acceptors (Lipinski definition) is 6. The number of hydrogen-bond donors (Lipinski definition) is 2. The van der Waals surface area contributed by atoms with Crippen molar-refractivity contribution < 1.29 is 23.8 Å². The van der Waals surface area contributed by atoms with Crippen LogP contribution in [0.5, 0.6) is 11.5 Å². The summed E-state index contributed by atoms with van der Waals surface area (Å²) in [6.07, 6.45) is 0.0431. The Hall–Kier alpha value is -2.77. The average Bonchev–Trinajstić information content (AvgIpc) is 3.37. The molecule has 0 aliphatic carbocycles. The van der Waals surface area contributed by atoms with E-state index in [4.69, 9.17) is 13.9 Å². The molecule has 134 valence electrons. The topological polar surface area (TPSA) is 80.9 Å². The Morgan fingerprint density at radius 3 is 2.85 bits per heavy atom. The molecule has 3 heterocycles. The molecule has 1 amide bonds. The van der Waals surface area contributed by atoms with Gasteiger partial charge in [-0.05, 0) is 36.4 Å². The normalized spacial score (nSPS) is 16.9. The molecule has 7 heteroatoms. The first-order valence-corrected chi connectivity index (χ1v) is 8.98. The van der Waals surface area contributed by atoms with E-state index >= 15 is 0 Å². The summed E-state index contributed by atoms with van der Waals surface area (Å²) in [4.78, 5) is 14.0. The first kappa shape index (κ1) is 16.7. The minimum absolute atomic E-state index is 0.176. The van der Waals surface area contributed by atoms with E-state index in [1.54, 1.807) is 24.3 Å². The number of carbonyl (C=O) groups is 1. The van der Waals surface area contributed by atoms with Crippen molar-refractivity contribution in [2.75, 3.05) is 6.61 Å². The van der Waals surface area contributed by atoms with Crippen molar-refractivity contribution in [2.24, 2.45) is 0 Å². The lowest BCUT2D eigenvalue weighted by molar-refractivity contribution is -0.130. The van der Waals surface area contributed by atoms with Crippen LogP contribution in [-0.2, 0) is 11.3 Å². The average molecular weight is 371 g/mol. The third-order valence-electron chi connectivity index (χ3n) is 4.00. The Balaban J connectivity index is 1.34. The standard InChI is InChI=1S/C19H17NO5S/c21-18(15-6-3-9-23-15)17-8-7-12(26-17)10-20-19(22)16-11-24-13-4-1-2-5-14(13)25-16/h1-9,16,18,21H,10-11H2,(H,20,22). The lowest BCUT2D eigenvalue weighted by Gasteiger charge is -2.25. The third kappa shape index (κ3) is 3.44. The van der Waals surface area contributed by atoms with E-state index in [2.05, 4.69) is 5.32 Å². The van der Waals surface area contributed by atoms with Crippen molar-refractivity contribution in [3.05, 3.63) is 70.3 Å². The van der Waals surface area contributed by atoms with Gasteiger partial charge in [0.25, 0.3) is 5.91 Å². The second kappa shape index (κ2) is 7.23. The number of benzene rings is 1. The number of amides is 1. The van der Waals surface area contributed by atoms with Crippen LogP contribution in [0.2, 0.25) is 0 Å². The third-order valence-corrected chi connectivity index (χ3v) is 5.14. The number of nitrogens with one attached hydrogen (secondary N) is 1. The zero-order valence-electron chi connectivity index (χ0n) is 13.8. The molecule has 3 aromatic rings. The molecule has 0 saturated heterocycles. The minimum Gasteiger partial charge on any atom is -0.485 e. The molecular formula is C19H17NO5S. The largest absolute Gasteiger partial charge is 0.485 e. The summed E-state index contributed by atoms with van der Waals surface area (Å²) in [5.74, 6) is 1.47. The van der Waals surface area contributed by atoms with Gasteiger partial charge in [0.2, 0.25) is 6.10 Å². The van der Waals surface area contributed by atoms with Crippen molar-refractivity contribution >= 4 is 17.2 Å². The van der Waals surface area contributed by atoms with Crippen LogP contribution in [0.15, 0.2) is 59.2 Å². The molecule has 0 fully saturated rings. The maximum atomic E-state index is 12.3. The number of thiophene rings is 1. The van der Waals surface area contributed by atoms with E-state index in [0.717, 1.165) is 9.75 Å². The quantitative estimate of drug-likeness (QED) is 0.721. The number of fused-ring (bicyclic) bond motifs is 1. The molecule has 0 spiro atoms. The van der Waals surface area contributed by atoms with Crippen LogP contribution in [0, 0.1) is 0 Å². The first-order chi connectivity index (χ1) is 12.7. The van der Waals surface area contributed by atoms with Gasteiger partial charge in [-0.25, -0.2) is 0 Å². The minimum atomic E-state index is -0.800. The molecule has 0 bridgehead atoms. The van der Waals surface area contributed by atoms with Crippen molar-refractivity contribution in [1.29, 1.82) is 0 Å². The molecule has 2 atom stereocenters. The number of carbonyl (C=O) groups excluding carboxylic acids is 1. The van der Waals surface area contributed by atoms with E-state index in [1.165, 1.54) is 17.6 Å². The van der Waals surface area contributed by atoms with E-state index in [1.807, 2.05) is 24.3 Å². The smallest absolute Gasteiger partial charge is 0.264 e. The van der Waals surface area contributed by atoms with Crippen molar-refractivity contribution in [3.63, 3.8) is 0 Å². The molecule has 26 heavy (non-hydrogen) atoms. The van der Waals surface area contributed by atoms with Gasteiger partial charge in [-0.1, -0.05) is 12.1 Å². The fraction of sp³-hybridized carbons (Fsp3) is 0.211. The second-order valence-electron chi connectivity index (χ2n) is 5.80. The predicted octanol–water partition coefficient (Wildman–Crippen LogP) is 2.88. The monoisotopic (exact) mass is 371 g/mol. The van der Waals surface area contributed by atoms with Gasteiger partial charge in [-0.3, -0.25) is 4.79 Å². The van der Waals surface area contributed by atoms with E-state index in [0.29, 0.717) is 23.8 Å². The van der Waals surface area contributed by atoms with Crippen LogP contribution in [0.4, 0.5) is 0 Å². The summed E-state index contributed by atoms with van der Waals surface area (Å²) in [5, 5.41) is 13.1. The van der Waals surface area contributed by atoms with Gasteiger partial charge >= 0.3 is 0 Å². The molecule has 6 nitrogen and oxygen atoms in total. The Morgan fingerprint density at radius 2 is 2.04 bits per heavy atom. The number of furan rings is 1. The molecule has 1 aliphatic heterocycles. The Labute approximate surface area is 154 Å². The summed E-state index contributed by atoms with van der Waals surface area (Å²) in [6, 6.07) is 14.4. The fourth-order valence-corrected chi connectivity index (χ4v) is 3.61. The Bertz CT molecular complexity index is 889. The Kier molecular flexibility index (Phi) is 4.64. The summed E-state index contributed by atoms with van der Waals surface area (Å²) in [7, 11) is 0. The fourth-order valence-electron chi connectivity index (χ4n) is 2.66. The number of ether oxygens (including phenoxy) is 2. The van der Waals surface area contributed by atoms with Crippen molar-refractivity contribution in [1.82, 2.24) is 5.32 Å². The van der Waals surface area contributed by atoms with Crippen molar-refractivity contribution in [2.45, 2.75) is 18.8 Å². The molecule has 0 radical (unpaired) electrons. The van der Waals surface area contributed by atoms with Gasteiger partial charge in [0, 0.05) is 9.75 Å². The predicted molar refractivity (Wildman–Crippen MR) is 95.3 cm³/mol. The highest BCUT2D eigenvalue weighted by Gasteiger charge is 2.27. The zero-order valence-corrected chi connectivity index (χ0v) is 14.6. The SMILES string of the molecule is O=C(NCc1ccc(C(O)c2ccco2)s1)C1COc2ccccc2O1. The summed E-state index contributed by atoms with van der Waals surface area (Å²) >= 11 is 1.42. The molecule has 1 aromatic carbocycles. The van der Waals surface area contributed by atoms with Gasteiger partial charge in [0.05, 0.1) is 12.8 Å². The van der Waals surface area contributed by atoms with Gasteiger partial charge < -0.3 is 24.3 Å². The molecule has 2 aromatic heterocycles. The molecule has 1 aliphatic rings. The van der Waals surface area contributed by atoms with E-state index < -0.39 is 12.2 Å². The molecule has 4 rings (SSSR count). The number of aliphatic hydroxyl groups excluding tert-OH is 1. The van der Waals surface area contributed by atoms with Crippen LogP contribution in [0.25, 0.3) is 0 Å². The maximum absolute atomic E-state index is 12.3. The summed E-state index contributed by atoms with van der Waals surface area (Å²) in [6.45, 7) is 0.533. The number of para-hydroxylation sites is 2. The highest BCUT2D eigenvalue weighted by atomic mass is 32.1. The van der Waals surface area contributed by atoms with E-state index in [9.17, 15) is 9.90 Å². The molecule has 0 saturated carbocycles.